The summed E-state index contributed by atoms with van der Waals surface area (Å²) >= 11 is 12.7. The summed E-state index contributed by atoms with van der Waals surface area (Å²) in [5.41, 5.74) is 4.12. The molecule has 0 aromatic heterocycles. The minimum absolute atomic E-state index is 0.0797. The van der Waals surface area contributed by atoms with Gasteiger partial charge in [0.2, 0.25) is 11.8 Å². The van der Waals surface area contributed by atoms with Crippen molar-refractivity contribution in [2.24, 2.45) is 5.92 Å². The predicted molar refractivity (Wildman–Crippen MR) is 134 cm³/mol. The van der Waals surface area contributed by atoms with Crippen LogP contribution < -0.4 is 0 Å². The Labute approximate surface area is 210 Å². The van der Waals surface area contributed by atoms with Crippen LogP contribution in [0.1, 0.15) is 41.1 Å². The van der Waals surface area contributed by atoms with Gasteiger partial charge in [0.15, 0.2) is 0 Å². The Balaban J connectivity index is 1.46. The van der Waals surface area contributed by atoms with Gasteiger partial charge >= 0.3 is 0 Å². The summed E-state index contributed by atoms with van der Waals surface area (Å²) in [4.78, 5) is 30.9. The number of fused-ring (bicyclic) bond motifs is 1. The number of carbonyl (C=O) groups is 2. The Morgan fingerprint density at radius 1 is 0.941 bits per heavy atom. The summed E-state index contributed by atoms with van der Waals surface area (Å²) in [7, 11) is 0. The minimum Gasteiger partial charge on any atom is -0.338 e. The number of likely N-dealkylation sites (tertiary alicyclic amines) is 1. The van der Waals surface area contributed by atoms with Crippen LogP contribution in [0.25, 0.3) is 0 Å². The molecule has 2 aliphatic rings. The Morgan fingerprint density at radius 3 is 2.38 bits per heavy atom. The summed E-state index contributed by atoms with van der Waals surface area (Å²) in [6.07, 6.45) is 1.63. The smallest absolute Gasteiger partial charge is 0.228 e. The van der Waals surface area contributed by atoms with E-state index in [1.54, 1.807) is 6.07 Å². The van der Waals surface area contributed by atoms with E-state index in [1.165, 1.54) is 0 Å². The fraction of sp³-hybridized carbons (Fsp3) is 0.286. The van der Waals surface area contributed by atoms with Gasteiger partial charge in [-0.1, -0.05) is 83.9 Å². The van der Waals surface area contributed by atoms with Crippen LogP contribution in [0, 0.1) is 5.92 Å². The monoisotopic (exact) mass is 492 g/mol. The number of nitrogens with zero attached hydrogens (tertiary/aromatic N) is 2. The molecule has 2 heterocycles. The third-order valence-electron chi connectivity index (χ3n) is 6.92. The highest BCUT2D eigenvalue weighted by atomic mass is 35.5. The maximum atomic E-state index is 13.9. The van der Waals surface area contributed by atoms with Crippen LogP contribution in [-0.2, 0) is 29.1 Å². The highest BCUT2D eigenvalue weighted by molar-refractivity contribution is 6.35. The average molecular weight is 493 g/mol. The second kappa shape index (κ2) is 9.81. The number of hydrogen-bond acceptors (Lipinski definition) is 2. The van der Waals surface area contributed by atoms with Crippen molar-refractivity contribution in [3.8, 4) is 0 Å². The first-order valence-electron chi connectivity index (χ1n) is 11.6. The van der Waals surface area contributed by atoms with Crippen molar-refractivity contribution < 1.29 is 9.59 Å². The van der Waals surface area contributed by atoms with Gasteiger partial charge in [-0.05, 0) is 47.2 Å². The second-order valence-electron chi connectivity index (χ2n) is 9.04. The summed E-state index contributed by atoms with van der Waals surface area (Å²) in [6, 6.07) is 23.3. The molecule has 0 saturated carbocycles. The standard InChI is InChI=1S/C28H26Cl2N2O2/c29-22-15-21-13-14-31(18-24(21)25(30)16-22)28(34)23-11-12-26(33)32(17-19-7-3-1-4-8-19)27(23)20-9-5-2-6-10-20/h1-10,15-16,23,27H,11-14,17-18H2. The number of piperidine rings is 1. The van der Waals surface area contributed by atoms with Crippen LogP contribution in [0.4, 0.5) is 0 Å². The molecule has 1 fully saturated rings. The van der Waals surface area contributed by atoms with Crippen LogP contribution in [0.3, 0.4) is 0 Å². The molecular formula is C28H26Cl2N2O2. The number of hydrogen-bond donors (Lipinski definition) is 0. The van der Waals surface area contributed by atoms with Crippen molar-refractivity contribution in [1.29, 1.82) is 0 Å². The molecule has 6 heteroatoms. The molecule has 2 aliphatic heterocycles. The van der Waals surface area contributed by atoms with Gasteiger partial charge in [-0.25, -0.2) is 0 Å². The van der Waals surface area contributed by atoms with E-state index in [0.29, 0.717) is 42.5 Å². The molecule has 2 amide bonds. The van der Waals surface area contributed by atoms with Crippen LogP contribution >= 0.6 is 23.2 Å². The van der Waals surface area contributed by atoms with Crippen LogP contribution in [0.2, 0.25) is 10.0 Å². The zero-order valence-electron chi connectivity index (χ0n) is 18.8. The molecule has 4 nitrogen and oxygen atoms in total. The molecule has 0 aliphatic carbocycles. The molecule has 2 unspecified atom stereocenters. The number of carbonyl (C=O) groups excluding carboxylic acids is 2. The molecule has 174 valence electrons. The van der Waals surface area contributed by atoms with E-state index in [0.717, 1.165) is 28.7 Å². The molecule has 0 bridgehead atoms. The van der Waals surface area contributed by atoms with E-state index in [4.69, 9.17) is 23.2 Å². The number of halogens is 2. The second-order valence-corrected chi connectivity index (χ2v) is 9.89. The first-order valence-corrected chi connectivity index (χ1v) is 12.4. The average Bonchev–Trinajstić information content (AvgIpc) is 2.85. The quantitative estimate of drug-likeness (QED) is 0.444. The maximum Gasteiger partial charge on any atom is 0.228 e. The zero-order valence-corrected chi connectivity index (χ0v) is 20.3. The van der Waals surface area contributed by atoms with Crippen LogP contribution in [0.15, 0.2) is 72.8 Å². The summed E-state index contributed by atoms with van der Waals surface area (Å²) in [5.74, 6) is -0.143. The topological polar surface area (TPSA) is 40.6 Å². The van der Waals surface area contributed by atoms with Crippen LogP contribution in [0.5, 0.6) is 0 Å². The van der Waals surface area contributed by atoms with E-state index in [1.807, 2.05) is 76.5 Å². The molecule has 2 atom stereocenters. The number of benzene rings is 3. The van der Waals surface area contributed by atoms with E-state index in [2.05, 4.69) is 0 Å². The van der Waals surface area contributed by atoms with Gasteiger partial charge in [0.1, 0.15) is 0 Å². The lowest BCUT2D eigenvalue weighted by atomic mass is 9.82. The molecule has 5 rings (SSSR count). The fourth-order valence-electron chi connectivity index (χ4n) is 5.25. The lowest BCUT2D eigenvalue weighted by Crippen LogP contribution is -2.49. The van der Waals surface area contributed by atoms with Crippen molar-refractivity contribution >= 4 is 35.0 Å². The number of rotatable bonds is 4. The normalized spacial score (nSPS) is 20.2. The van der Waals surface area contributed by atoms with Gasteiger partial charge in [-0.2, -0.15) is 0 Å². The summed E-state index contributed by atoms with van der Waals surface area (Å²) in [6.45, 7) is 1.57. The van der Waals surface area contributed by atoms with Crippen molar-refractivity contribution in [3.63, 3.8) is 0 Å². The Kier molecular flexibility index (Phi) is 6.62. The van der Waals surface area contributed by atoms with Gasteiger partial charge in [0.25, 0.3) is 0 Å². The van der Waals surface area contributed by atoms with E-state index < -0.39 is 0 Å². The third-order valence-corrected chi connectivity index (χ3v) is 7.48. The molecule has 0 N–H and O–H groups in total. The Bertz CT molecular complexity index is 1200. The Morgan fingerprint density at radius 2 is 1.65 bits per heavy atom. The summed E-state index contributed by atoms with van der Waals surface area (Å²) < 4.78 is 0. The molecule has 0 radical (unpaired) electrons. The molecule has 34 heavy (non-hydrogen) atoms. The maximum absolute atomic E-state index is 13.9. The van der Waals surface area contributed by atoms with Crippen molar-refractivity contribution in [3.05, 3.63) is 105 Å². The Hall–Kier alpha value is -2.82. The zero-order chi connectivity index (χ0) is 23.7. The first-order chi connectivity index (χ1) is 16.5. The van der Waals surface area contributed by atoms with Gasteiger partial charge < -0.3 is 9.80 Å². The predicted octanol–water partition coefficient (Wildman–Crippen LogP) is 6.06. The minimum atomic E-state index is -0.309. The third kappa shape index (κ3) is 4.57. The van der Waals surface area contributed by atoms with Gasteiger partial charge in [-0.3, -0.25) is 9.59 Å². The van der Waals surface area contributed by atoms with Crippen molar-refractivity contribution in [2.45, 2.75) is 38.4 Å². The number of amides is 2. The fourth-order valence-corrected chi connectivity index (χ4v) is 5.84. The molecule has 3 aromatic carbocycles. The van der Waals surface area contributed by atoms with Gasteiger partial charge in [-0.15, -0.1) is 0 Å². The highest BCUT2D eigenvalue weighted by Gasteiger charge is 2.42. The SMILES string of the molecule is O=C(C1CCC(=O)N(Cc2ccccc2)C1c1ccccc1)N1CCc2cc(Cl)cc(Cl)c2C1. The first kappa shape index (κ1) is 22.9. The van der Waals surface area contributed by atoms with E-state index in [9.17, 15) is 9.59 Å². The molecule has 1 saturated heterocycles. The van der Waals surface area contributed by atoms with Crippen LogP contribution in [-0.4, -0.2) is 28.2 Å². The van der Waals surface area contributed by atoms with Gasteiger partial charge in [0, 0.05) is 36.1 Å². The lowest BCUT2D eigenvalue weighted by molar-refractivity contribution is -0.149. The molecule has 3 aromatic rings. The van der Waals surface area contributed by atoms with E-state index >= 15 is 0 Å². The van der Waals surface area contributed by atoms with Gasteiger partial charge in [0.05, 0.1) is 12.0 Å². The van der Waals surface area contributed by atoms with E-state index in [-0.39, 0.29) is 23.8 Å². The van der Waals surface area contributed by atoms with Crippen molar-refractivity contribution in [1.82, 2.24) is 9.80 Å². The largest absolute Gasteiger partial charge is 0.338 e. The molecule has 0 spiro atoms. The molecular weight excluding hydrogens is 467 g/mol. The highest BCUT2D eigenvalue weighted by Crippen LogP contribution is 2.40. The lowest BCUT2D eigenvalue weighted by Gasteiger charge is -2.43. The summed E-state index contributed by atoms with van der Waals surface area (Å²) in [5, 5.41) is 1.22. The van der Waals surface area contributed by atoms with Crippen molar-refractivity contribution in [2.75, 3.05) is 6.54 Å².